The van der Waals surface area contributed by atoms with E-state index in [1.165, 1.54) is 64.2 Å². The molecule has 0 aromatic carbocycles. The molecule has 0 aliphatic heterocycles. The summed E-state index contributed by atoms with van der Waals surface area (Å²) in [4.78, 5) is 11.5. The Labute approximate surface area is 131 Å². The Morgan fingerprint density at radius 1 is 1.00 bits per heavy atom. The molecule has 1 aliphatic carbocycles. The maximum atomic E-state index is 11.5. The van der Waals surface area contributed by atoms with Crippen LogP contribution in [0.2, 0.25) is 0 Å². The Kier molecular flexibility index (Phi) is 9.78. The molecule has 2 heteroatoms. The lowest BCUT2D eigenvalue weighted by atomic mass is 9.85. The van der Waals surface area contributed by atoms with Crippen LogP contribution < -0.4 is 0 Å². The minimum absolute atomic E-state index is 0.0679. The second kappa shape index (κ2) is 11.1. The molecule has 0 spiro atoms. The summed E-state index contributed by atoms with van der Waals surface area (Å²) >= 11 is 0. The fraction of sp³-hybridized carbons (Fsp3) is 0.947. The van der Waals surface area contributed by atoms with Crippen LogP contribution in [0.25, 0.3) is 0 Å². The summed E-state index contributed by atoms with van der Waals surface area (Å²) < 4.78 is 0. The van der Waals surface area contributed by atoms with E-state index in [0.717, 1.165) is 25.2 Å². The van der Waals surface area contributed by atoms with Gasteiger partial charge in [-0.15, -0.1) is 0 Å². The lowest BCUT2D eigenvalue weighted by Crippen LogP contribution is -2.22. The third kappa shape index (κ3) is 7.33. The van der Waals surface area contributed by atoms with E-state index < -0.39 is 5.97 Å². The molecule has 3 unspecified atom stereocenters. The van der Waals surface area contributed by atoms with Crippen molar-refractivity contribution < 1.29 is 9.90 Å². The highest BCUT2D eigenvalue weighted by Crippen LogP contribution is 2.40. The van der Waals surface area contributed by atoms with Gasteiger partial charge in [0.05, 0.1) is 5.92 Å². The molecular weight excluding hydrogens is 260 g/mol. The quantitative estimate of drug-likeness (QED) is 0.445. The normalized spacial score (nSPS) is 23.3. The fourth-order valence-corrected chi connectivity index (χ4v) is 3.95. The van der Waals surface area contributed by atoms with E-state index in [2.05, 4.69) is 13.8 Å². The smallest absolute Gasteiger partial charge is 0.306 e. The third-order valence-electron chi connectivity index (χ3n) is 5.30. The van der Waals surface area contributed by atoms with Crippen LogP contribution in [0.1, 0.15) is 97.3 Å². The molecule has 0 bridgehead atoms. The van der Waals surface area contributed by atoms with Gasteiger partial charge in [-0.05, 0) is 31.1 Å². The van der Waals surface area contributed by atoms with E-state index in [1.807, 2.05) is 0 Å². The van der Waals surface area contributed by atoms with E-state index in [9.17, 15) is 9.90 Å². The number of carboxylic acids is 1. The number of hydrogen-bond acceptors (Lipinski definition) is 1. The van der Waals surface area contributed by atoms with Crippen molar-refractivity contribution in [2.24, 2.45) is 17.8 Å². The zero-order chi connectivity index (χ0) is 15.5. The maximum absolute atomic E-state index is 11.5. The zero-order valence-corrected chi connectivity index (χ0v) is 14.3. The first-order valence-electron chi connectivity index (χ1n) is 9.41. The number of rotatable bonds is 12. The van der Waals surface area contributed by atoms with E-state index in [-0.39, 0.29) is 5.92 Å². The molecule has 0 radical (unpaired) electrons. The molecule has 2 nitrogen and oxygen atoms in total. The summed E-state index contributed by atoms with van der Waals surface area (Å²) in [7, 11) is 0. The van der Waals surface area contributed by atoms with Crippen LogP contribution in [0.5, 0.6) is 0 Å². The number of aliphatic carboxylic acids is 1. The monoisotopic (exact) mass is 296 g/mol. The van der Waals surface area contributed by atoms with Gasteiger partial charge in [0, 0.05) is 0 Å². The average molecular weight is 296 g/mol. The number of carbonyl (C=O) groups is 1. The van der Waals surface area contributed by atoms with Crippen LogP contribution in [0.4, 0.5) is 0 Å². The molecular formula is C19H36O2. The van der Waals surface area contributed by atoms with Gasteiger partial charge in [0.2, 0.25) is 0 Å². The minimum atomic E-state index is -0.542. The van der Waals surface area contributed by atoms with Crippen molar-refractivity contribution in [2.45, 2.75) is 97.3 Å². The highest BCUT2D eigenvalue weighted by atomic mass is 16.4. The van der Waals surface area contributed by atoms with Crippen LogP contribution in [0, 0.1) is 17.8 Å². The van der Waals surface area contributed by atoms with Gasteiger partial charge in [0.1, 0.15) is 0 Å². The van der Waals surface area contributed by atoms with Crippen LogP contribution >= 0.6 is 0 Å². The summed E-state index contributed by atoms with van der Waals surface area (Å²) in [5.41, 5.74) is 0. The SMILES string of the molecule is CCCCCCCC1CCC(C(CCCCC)C(=O)O)C1. The van der Waals surface area contributed by atoms with Gasteiger partial charge in [-0.1, -0.05) is 78.1 Å². The summed E-state index contributed by atoms with van der Waals surface area (Å²) in [6, 6.07) is 0. The van der Waals surface area contributed by atoms with Crippen LogP contribution in [0.15, 0.2) is 0 Å². The van der Waals surface area contributed by atoms with Crippen molar-refractivity contribution in [3.63, 3.8) is 0 Å². The van der Waals surface area contributed by atoms with Crippen molar-refractivity contribution in [1.82, 2.24) is 0 Å². The van der Waals surface area contributed by atoms with E-state index in [1.54, 1.807) is 0 Å². The lowest BCUT2D eigenvalue weighted by molar-refractivity contribution is -0.144. The second-order valence-electron chi connectivity index (χ2n) is 7.08. The largest absolute Gasteiger partial charge is 0.481 e. The van der Waals surface area contributed by atoms with Gasteiger partial charge in [-0.3, -0.25) is 4.79 Å². The Hall–Kier alpha value is -0.530. The summed E-state index contributed by atoms with van der Waals surface area (Å²) in [5, 5.41) is 9.49. The third-order valence-corrected chi connectivity index (χ3v) is 5.30. The van der Waals surface area contributed by atoms with Crippen molar-refractivity contribution in [3.8, 4) is 0 Å². The lowest BCUT2D eigenvalue weighted by Gasteiger charge is -2.19. The highest BCUT2D eigenvalue weighted by molar-refractivity contribution is 5.70. The van der Waals surface area contributed by atoms with Crippen molar-refractivity contribution in [3.05, 3.63) is 0 Å². The molecule has 0 heterocycles. The highest BCUT2D eigenvalue weighted by Gasteiger charge is 2.33. The van der Waals surface area contributed by atoms with Crippen LogP contribution in [0.3, 0.4) is 0 Å². The van der Waals surface area contributed by atoms with Gasteiger partial charge < -0.3 is 5.11 Å². The molecule has 0 aromatic heterocycles. The van der Waals surface area contributed by atoms with Gasteiger partial charge in [0.25, 0.3) is 0 Å². The maximum Gasteiger partial charge on any atom is 0.306 e. The van der Waals surface area contributed by atoms with E-state index in [0.29, 0.717) is 5.92 Å². The summed E-state index contributed by atoms with van der Waals surface area (Å²) in [5.74, 6) is 0.658. The van der Waals surface area contributed by atoms with Gasteiger partial charge in [-0.25, -0.2) is 0 Å². The van der Waals surface area contributed by atoms with E-state index in [4.69, 9.17) is 0 Å². The summed E-state index contributed by atoms with van der Waals surface area (Å²) in [6.45, 7) is 4.44. The average Bonchev–Trinajstić information content (AvgIpc) is 2.91. The molecule has 124 valence electrons. The molecule has 0 aromatic rings. The standard InChI is InChI=1S/C19H36O2/c1-3-5-7-8-10-11-16-13-14-17(15-16)18(19(20)21)12-9-6-4-2/h16-18H,3-15H2,1-2H3,(H,20,21). The molecule has 21 heavy (non-hydrogen) atoms. The first-order chi connectivity index (χ1) is 10.2. The number of unbranched alkanes of at least 4 members (excludes halogenated alkanes) is 6. The van der Waals surface area contributed by atoms with Gasteiger partial charge in [0.15, 0.2) is 0 Å². The first-order valence-corrected chi connectivity index (χ1v) is 9.41. The topological polar surface area (TPSA) is 37.3 Å². The van der Waals surface area contributed by atoms with Crippen molar-refractivity contribution in [1.29, 1.82) is 0 Å². The van der Waals surface area contributed by atoms with E-state index >= 15 is 0 Å². The molecule has 0 saturated heterocycles. The minimum Gasteiger partial charge on any atom is -0.481 e. The van der Waals surface area contributed by atoms with Crippen molar-refractivity contribution in [2.75, 3.05) is 0 Å². The van der Waals surface area contributed by atoms with Crippen LogP contribution in [-0.2, 0) is 4.79 Å². The second-order valence-corrected chi connectivity index (χ2v) is 7.08. The molecule has 1 rings (SSSR count). The Morgan fingerprint density at radius 2 is 1.67 bits per heavy atom. The molecule has 3 atom stereocenters. The number of hydrogen-bond donors (Lipinski definition) is 1. The number of carboxylic acid groups (broad SMARTS) is 1. The van der Waals surface area contributed by atoms with Crippen LogP contribution in [-0.4, -0.2) is 11.1 Å². The molecule has 1 saturated carbocycles. The molecule has 1 aliphatic rings. The van der Waals surface area contributed by atoms with Gasteiger partial charge in [-0.2, -0.15) is 0 Å². The van der Waals surface area contributed by atoms with Gasteiger partial charge >= 0.3 is 5.97 Å². The fourth-order valence-electron chi connectivity index (χ4n) is 3.95. The predicted octanol–water partition coefficient (Wildman–Crippen LogP) is 6.04. The Morgan fingerprint density at radius 3 is 2.33 bits per heavy atom. The predicted molar refractivity (Wildman–Crippen MR) is 89.5 cm³/mol. The van der Waals surface area contributed by atoms with Crippen molar-refractivity contribution >= 4 is 5.97 Å². The Bertz CT molecular complexity index is 275. The molecule has 1 fully saturated rings. The molecule has 1 N–H and O–H groups in total. The molecule has 0 amide bonds. The first kappa shape index (κ1) is 18.5. The summed E-state index contributed by atoms with van der Waals surface area (Å²) in [6.07, 6.45) is 16.1. The zero-order valence-electron chi connectivity index (χ0n) is 14.3. The Balaban J connectivity index is 2.24.